The lowest BCUT2D eigenvalue weighted by molar-refractivity contribution is 0.0688. The Balaban J connectivity index is 2.86. The van der Waals surface area contributed by atoms with E-state index in [1.807, 2.05) is 0 Å². The Kier molecular flexibility index (Phi) is 2.12. The van der Waals surface area contributed by atoms with Crippen LogP contribution >= 0.6 is 11.6 Å². The summed E-state index contributed by atoms with van der Waals surface area (Å²) in [5.41, 5.74) is 0.450. The topological polar surface area (TPSA) is 79.8 Å². The van der Waals surface area contributed by atoms with Crippen molar-refractivity contribution in [3.05, 3.63) is 23.1 Å². The quantitative estimate of drug-likeness (QED) is 0.783. The highest BCUT2D eigenvalue weighted by molar-refractivity contribution is 6.28. The molecule has 76 valence electrons. The van der Waals surface area contributed by atoms with Gasteiger partial charge in [-0.2, -0.15) is 4.98 Å². The van der Waals surface area contributed by atoms with Crippen molar-refractivity contribution in [1.82, 2.24) is 14.6 Å². The number of aliphatic imine (C=N–C) groups is 1. The van der Waals surface area contributed by atoms with Gasteiger partial charge < -0.3 is 5.11 Å². The summed E-state index contributed by atoms with van der Waals surface area (Å²) < 4.78 is 1.17. The number of aromatic carboxylic acids is 1. The van der Waals surface area contributed by atoms with Gasteiger partial charge in [0.1, 0.15) is 5.52 Å². The van der Waals surface area contributed by atoms with Gasteiger partial charge in [-0.15, -0.1) is 5.10 Å². The lowest BCUT2D eigenvalue weighted by atomic mass is 10.4. The fourth-order valence-electron chi connectivity index (χ4n) is 1.23. The van der Waals surface area contributed by atoms with Crippen molar-refractivity contribution in [2.24, 2.45) is 4.99 Å². The molecule has 0 aromatic carbocycles. The van der Waals surface area contributed by atoms with Gasteiger partial charge in [0.15, 0.2) is 11.5 Å². The summed E-state index contributed by atoms with van der Waals surface area (Å²) in [6, 6.07) is 2.95. The Labute approximate surface area is 88.8 Å². The van der Waals surface area contributed by atoms with E-state index in [4.69, 9.17) is 16.7 Å². The number of halogens is 1. The standard InChI is InChI=1S/C8H5ClN4O2/c1-10-6-4-2-3-5(7(14)15)13(4)12-8(9)11-6/h2-3H,1H2,(H,14,15). The van der Waals surface area contributed by atoms with Gasteiger partial charge >= 0.3 is 5.97 Å². The Morgan fingerprint density at radius 3 is 2.93 bits per heavy atom. The first-order valence-corrected chi connectivity index (χ1v) is 4.26. The zero-order chi connectivity index (χ0) is 11.0. The molecule has 0 aliphatic rings. The van der Waals surface area contributed by atoms with E-state index in [-0.39, 0.29) is 16.8 Å². The predicted octanol–water partition coefficient (Wildman–Crippen LogP) is 1.41. The normalized spacial score (nSPS) is 10.5. The first-order chi connectivity index (χ1) is 7.13. The molecule has 0 atom stereocenters. The van der Waals surface area contributed by atoms with Gasteiger partial charge in [0.2, 0.25) is 5.28 Å². The Morgan fingerprint density at radius 2 is 2.33 bits per heavy atom. The molecular formula is C8H5ClN4O2. The highest BCUT2D eigenvalue weighted by atomic mass is 35.5. The fourth-order valence-corrected chi connectivity index (χ4v) is 1.39. The highest BCUT2D eigenvalue weighted by Crippen LogP contribution is 2.20. The third kappa shape index (κ3) is 1.44. The zero-order valence-corrected chi connectivity index (χ0v) is 8.14. The number of aromatic nitrogens is 3. The van der Waals surface area contributed by atoms with E-state index < -0.39 is 5.97 Å². The highest BCUT2D eigenvalue weighted by Gasteiger charge is 2.13. The van der Waals surface area contributed by atoms with E-state index in [2.05, 4.69) is 21.8 Å². The molecule has 0 aliphatic carbocycles. The van der Waals surface area contributed by atoms with Crippen molar-refractivity contribution in [2.75, 3.05) is 0 Å². The summed E-state index contributed by atoms with van der Waals surface area (Å²) in [6.07, 6.45) is 0. The van der Waals surface area contributed by atoms with Gasteiger partial charge in [-0.1, -0.05) is 0 Å². The first kappa shape index (κ1) is 9.60. The molecule has 2 heterocycles. The van der Waals surface area contributed by atoms with Crippen LogP contribution < -0.4 is 0 Å². The number of hydrogen-bond acceptors (Lipinski definition) is 4. The van der Waals surface area contributed by atoms with E-state index in [0.717, 1.165) is 0 Å². The Hall–Kier alpha value is -1.95. The van der Waals surface area contributed by atoms with E-state index in [0.29, 0.717) is 5.52 Å². The number of fused-ring (bicyclic) bond motifs is 1. The van der Waals surface area contributed by atoms with Crippen LogP contribution in [0.1, 0.15) is 10.5 Å². The van der Waals surface area contributed by atoms with E-state index in [1.54, 1.807) is 6.07 Å². The van der Waals surface area contributed by atoms with Crippen molar-refractivity contribution in [3.8, 4) is 0 Å². The van der Waals surface area contributed by atoms with Crippen molar-refractivity contribution in [2.45, 2.75) is 0 Å². The molecule has 2 rings (SSSR count). The minimum Gasteiger partial charge on any atom is -0.477 e. The van der Waals surface area contributed by atoms with Gasteiger partial charge in [-0.05, 0) is 30.5 Å². The van der Waals surface area contributed by atoms with Crippen LogP contribution in [0.25, 0.3) is 5.52 Å². The lowest BCUT2D eigenvalue weighted by Gasteiger charge is -1.99. The molecule has 0 aliphatic heterocycles. The van der Waals surface area contributed by atoms with Crippen LogP contribution in [0, 0.1) is 0 Å². The second-order valence-corrected chi connectivity index (χ2v) is 3.02. The molecule has 6 nitrogen and oxygen atoms in total. The lowest BCUT2D eigenvalue weighted by Crippen LogP contribution is -2.05. The zero-order valence-electron chi connectivity index (χ0n) is 7.38. The van der Waals surface area contributed by atoms with Crippen LogP contribution in [-0.4, -0.2) is 32.4 Å². The maximum Gasteiger partial charge on any atom is 0.354 e. The smallest absolute Gasteiger partial charge is 0.354 e. The number of rotatable bonds is 2. The monoisotopic (exact) mass is 224 g/mol. The minimum absolute atomic E-state index is 0.000741. The molecule has 0 fully saturated rings. The van der Waals surface area contributed by atoms with E-state index in [1.165, 1.54) is 10.6 Å². The Bertz CT molecular complexity index is 563. The molecule has 1 N–H and O–H groups in total. The van der Waals surface area contributed by atoms with Crippen LogP contribution in [0.4, 0.5) is 5.82 Å². The molecule has 0 amide bonds. The summed E-state index contributed by atoms with van der Waals surface area (Å²) in [7, 11) is 0. The second-order valence-electron chi connectivity index (χ2n) is 2.68. The van der Waals surface area contributed by atoms with Crippen LogP contribution in [0.15, 0.2) is 17.1 Å². The number of nitrogens with zero attached hydrogens (tertiary/aromatic N) is 4. The number of carboxylic acids is 1. The van der Waals surface area contributed by atoms with Crippen LogP contribution in [-0.2, 0) is 0 Å². The van der Waals surface area contributed by atoms with Crippen molar-refractivity contribution < 1.29 is 9.90 Å². The summed E-state index contributed by atoms with van der Waals surface area (Å²) in [5, 5.41) is 12.5. The molecule has 0 radical (unpaired) electrons. The molecule has 0 saturated carbocycles. The molecule has 7 heteroatoms. The summed E-state index contributed by atoms with van der Waals surface area (Å²) in [6.45, 7) is 3.32. The predicted molar refractivity (Wildman–Crippen MR) is 54.2 cm³/mol. The molecule has 0 unspecified atom stereocenters. The fraction of sp³-hybridized carbons (Fsp3) is 0. The number of carboxylic acid groups (broad SMARTS) is 1. The SMILES string of the molecule is C=Nc1nc(Cl)nn2c(C(=O)O)ccc12. The van der Waals surface area contributed by atoms with Gasteiger partial charge in [-0.3, -0.25) is 0 Å². The minimum atomic E-state index is -1.10. The number of carbonyl (C=O) groups is 1. The molecule has 0 bridgehead atoms. The molecule has 0 saturated heterocycles. The van der Waals surface area contributed by atoms with E-state index >= 15 is 0 Å². The largest absolute Gasteiger partial charge is 0.477 e. The van der Waals surface area contributed by atoms with Crippen LogP contribution in [0.3, 0.4) is 0 Å². The van der Waals surface area contributed by atoms with Crippen molar-refractivity contribution in [3.63, 3.8) is 0 Å². The molecule has 0 spiro atoms. The van der Waals surface area contributed by atoms with Crippen LogP contribution in [0.2, 0.25) is 5.28 Å². The van der Waals surface area contributed by atoms with Gasteiger partial charge in [0, 0.05) is 0 Å². The summed E-state index contributed by atoms with van der Waals surface area (Å²) in [5.74, 6) is -0.845. The average molecular weight is 225 g/mol. The maximum absolute atomic E-state index is 10.8. The van der Waals surface area contributed by atoms with E-state index in [9.17, 15) is 4.79 Å². The first-order valence-electron chi connectivity index (χ1n) is 3.89. The van der Waals surface area contributed by atoms with Gasteiger partial charge in [-0.25, -0.2) is 14.3 Å². The average Bonchev–Trinajstić information content (AvgIpc) is 2.59. The molecule has 15 heavy (non-hydrogen) atoms. The van der Waals surface area contributed by atoms with Crippen LogP contribution in [0.5, 0.6) is 0 Å². The summed E-state index contributed by atoms with van der Waals surface area (Å²) in [4.78, 5) is 18.3. The van der Waals surface area contributed by atoms with Gasteiger partial charge in [0.05, 0.1) is 0 Å². The van der Waals surface area contributed by atoms with Gasteiger partial charge in [0.25, 0.3) is 0 Å². The molecule has 2 aromatic rings. The summed E-state index contributed by atoms with van der Waals surface area (Å²) >= 11 is 5.61. The molecule has 2 aromatic heterocycles. The Morgan fingerprint density at radius 1 is 1.60 bits per heavy atom. The third-order valence-electron chi connectivity index (χ3n) is 1.83. The third-order valence-corrected chi connectivity index (χ3v) is 1.99. The maximum atomic E-state index is 10.8. The molecular weight excluding hydrogens is 220 g/mol. The van der Waals surface area contributed by atoms with Crippen molar-refractivity contribution >= 4 is 35.6 Å². The number of hydrogen-bond donors (Lipinski definition) is 1. The second kappa shape index (κ2) is 3.32. The van der Waals surface area contributed by atoms with Crippen molar-refractivity contribution in [1.29, 1.82) is 0 Å².